The van der Waals surface area contributed by atoms with Crippen molar-refractivity contribution in [1.82, 2.24) is 25.4 Å². The molecule has 1 unspecified atom stereocenters. The normalized spacial score (nSPS) is 16.9. The molecule has 2 atom stereocenters. The smallest absolute Gasteiger partial charge is 0.342 e. The molecule has 0 aliphatic carbocycles. The Kier molecular flexibility index (Phi) is 8.79. The third-order valence-corrected chi connectivity index (χ3v) is 6.37. The van der Waals surface area contributed by atoms with Crippen LogP contribution >= 0.6 is 24.0 Å². The van der Waals surface area contributed by atoms with Crippen molar-refractivity contribution in [3.63, 3.8) is 0 Å². The van der Waals surface area contributed by atoms with Crippen LogP contribution < -0.4 is 10.6 Å². The van der Waals surface area contributed by atoms with Crippen molar-refractivity contribution >= 4 is 29.9 Å². The van der Waals surface area contributed by atoms with Crippen LogP contribution in [0.3, 0.4) is 0 Å². The Morgan fingerprint density at radius 2 is 2.09 bits per heavy atom. The molecule has 3 heterocycles. The largest absolute Gasteiger partial charge is 0.417 e. The van der Waals surface area contributed by atoms with Crippen LogP contribution in [0.15, 0.2) is 48.9 Å². The highest BCUT2D eigenvalue weighted by atomic mass is 35.5. The topological polar surface area (TPSA) is 71.8 Å². The van der Waals surface area contributed by atoms with E-state index < -0.39 is 34.4 Å². The summed E-state index contributed by atoms with van der Waals surface area (Å²) in [4.78, 5) is 16.9. The van der Waals surface area contributed by atoms with E-state index in [-0.39, 0.29) is 18.4 Å². The van der Waals surface area contributed by atoms with Crippen LogP contribution in [-0.2, 0) is 12.7 Å². The molecule has 1 saturated heterocycles. The van der Waals surface area contributed by atoms with Gasteiger partial charge in [0.15, 0.2) is 0 Å². The average molecular weight is 528 g/mol. The number of benzene rings is 1. The van der Waals surface area contributed by atoms with Crippen molar-refractivity contribution in [2.75, 3.05) is 6.54 Å². The van der Waals surface area contributed by atoms with Crippen LogP contribution in [0.2, 0.25) is 5.02 Å². The van der Waals surface area contributed by atoms with Crippen LogP contribution in [0.4, 0.5) is 13.2 Å². The second-order valence-electron chi connectivity index (χ2n) is 8.24. The monoisotopic (exact) mass is 527 g/mol. The van der Waals surface area contributed by atoms with E-state index in [9.17, 15) is 18.0 Å². The van der Waals surface area contributed by atoms with Gasteiger partial charge in [-0.2, -0.15) is 18.3 Å². The zero-order chi connectivity index (χ0) is 24.3. The summed E-state index contributed by atoms with van der Waals surface area (Å²) < 4.78 is 41.7. The third kappa shape index (κ3) is 6.15. The number of nitrogens with one attached hydrogen (secondary N) is 2. The summed E-state index contributed by atoms with van der Waals surface area (Å²) in [5.41, 5.74) is 1.17. The van der Waals surface area contributed by atoms with Crippen molar-refractivity contribution in [2.24, 2.45) is 0 Å². The standard InChI is InChI=1S/C24H25ClF3N5O.ClH/c1-2-33-14-17(13-31-33)15-6-5-7-16(12-15)21(19-8-3-4-10-29-19)32-23(34)22-20(25)18(9-11-30-22)24(26,27)28;/h5-7,9,11-14,19,21,29H,2-4,8,10H2,1H3,(H,32,34);1H/t19-,21?;/m0./s1. The fourth-order valence-electron chi connectivity index (χ4n) is 4.21. The van der Waals surface area contributed by atoms with Gasteiger partial charge in [-0.15, -0.1) is 12.4 Å². The zero-order valence-corrected chi connectivity index (χ0v) is 20.6. The highest BCUT2D eigenvalue weighted by Crippen LogP contribution is 2.36. The first-order chi connectivity index (χ1) is 16.3. The molecule has 35 heavy (non-hydrogen) atoms. The van der Waals surface area contributed by atoms with Crippen molar-refractivity contribution in [2.45, 2.75) is 51.0 Å². The summed E-state index contributed by atoms with van der Waals surface area (Å²) in [5.74, 6) is -0.752. The maximum Gasteiger partial charge on any atom is 0.417 e. The predicted octanol–water partition coefficient (Wildman–Crippen LogP) is 5.67. The molecule has 0 spiro atoms. The number of hydrogen-bond donors (Lipinski definition) is 2. The number of amides is 1. The van der Waals surface area contributed by atoms with Crippen LogP contribution in [0.1, 0.15) is 53.8 Å². The van der Waals surface area contributed by atoms with Gasteiger partial charge in [0, 0.05) is 30.5 Å². The molecular formula is C24H26Cl2F3N5O. The van der Waals surface area contributed by atoms with E-state index in [1.807, 2.05) is 42.1 Å². The number of alkyl halides is 3. The van der Waals surface area contributed by atoms with Gasteiger partial charge >= 0.3 is 6.18 Å². The van der Waals surface area contributed by atoms with Crippen LogP contribution in [0, 0.1) is 0 Å². The molecular weight excluding hydrogens is 502 g/mol. The van der Waals surface area contributed by atoms with Crippen molar-refractivity contribution in [3.8, 4) is 11.1 Å². The number of pyridine rings is 1. The molecule has 188 valence electrons. The minimum absolute atomic E-state index is 0. The summed E-state index contributed by atoms with van der Waals surface area (Å²) in [6.45, 7) is 3.54. The second kappa shape index (κ2) is 11.4. The van der Waals surface area contributed by atoms with Gasteiger partial charge in [-0.25, -0.2) is 4.98 Å². The molecule has 1 aliphatic heterocycles. The number of piperidine rings is 1. The lowest BCUT2D eigenvalue weighted by molar-refractivity contribution is -0.137. The van der Waals surface area contributed by atoms with E-state index >= 15 is 0 Å². The molecule has 6 nitrogen and oxygen atoms in total. The van der Waals surface area contributed by atoms with Crippen LogP contribution in [0.25, 0.3) is 11.1 Å². The molecule has 3 aromatic rings. The molecule has 2 aromatic heterocycles. The van der Waals surface area contributed by atoms with Gasteiger partial charge in [0.05, 0.1) is 22.8 Å². The lowest BCUT2D eigenvalue weighted by Gasteiger charge is -2.32. The van der Waals surface area contributed by atoms with Crippen molar-refractivity contribution in [1.29, 1.82) is 0 Å². The van der Waals surface area contributed by atoms with Crippen LogP contribution in [0.5, 0.6) is 0 Å². The molecule has 0 radical (unpaired) electrons. The Bertz CT molecular complexity index is 1160. The Balaban J connectivity index is 0.00000342. The number of nitrogens with zero attached hydrogens (tertiary/aromatic N) is 3. The highest BCUT2D eigenvalue weighted by Gasteiger charge is 2.36. The van der Waals surface area contributed by atoms with Gasteiger partial charge in [-0.05, 0) is 49.6 Å². The van der Waals surface area contributed by atoms with E-state index in [0.717, 1.165) is 61.3 Å². The molecule has 0 saturated carbocycles. The number of carbonyl (C=O) groups excluding carboxylic acids is 1. The number of hydrogen-bond acceptors (Lipinski definition) is 4. The third-order valence-electron chi connectivity index (χ3n) is 5.98. The first-order valence-corrected chi connectivity index (χ1v) is 11.5. The predicted molar refractivity (Wildman–Crippen MR) is 131 cm³/mol. The van der Waals surface area contributed by atoms with E-state index in [1.54, 1.807) is 6.20 Å². The zero-order valence-electron chi connectivity index (χ0n) is 19.0. The lowest BCUT2D eigenvalue weighted by Crippen LogP contribution is -2.46. The van der Waals surface area contributed by atoms with Gasteiger partial charge in [-0.1, -0.05) is 36.2 Å². The van der Waals surface area contributed by atoms with Gasteiger partial charge in [0.25, 0.3) is 5.91 Å². The van der Waals surface area contributed by atoms with Gasteiger partial charge in [0.2, 0.25) is 0 Å². The molecule has 1 fully saturated rings. The number of rotatable bonds is 6. The number of aromatic nitrogens is 3. The minimum atomic E-state index is -4.68. The molecule has 1 amide bonds. The minimum Gasteiger partial charge on any atom is -0.342 e. The fraction of sp³-hybridized carbons (Fsp3) is 0.375. The summed E-state index contributed by atoms with van der Waals surface area (Å²) in [6, 6.07) is 7.91. The summed E-state index contributed by atoms with van der Waals surface area (Å²) in [6.07, 6.45) is 2.80. The molecule has 0 bridgehead atoms. The second-order valence-corrected chi connectivity index (χ2v) is 8.61. The number of aryl methyl sites for hydroxylation is 1. The molecule has 1 aromatic carbocycles. The highest BCUT2D eigenvalue weighted by molar-refractivity contribution is 6.34. The Morgan fingerprint density at radius 1 is 1.29 bits per heavy atom. The maximum atomic E-state index is 13.3. The Morgan fingerprint density at radius 3 is 2.74 bits per heavy atom. The quantitative estimate of drug-likeness (QED) is 0.433. The van der Waals surface area contributed by atoms with Gasteiger partial charge in [0.1, 0.15) is 5.69 Å². The summed E-state index contributed by atoms with van der Waals surface area (Å²) in [5, 5.41) is 9.95. The first-order valence-electron chi connectivity index (χ1n) is 11.2. The van der Waals surface area contributed by atoms with Gasteiger partial charge in [-0.3, -0.25) is 9.48 Å². The van der Waals surface area contributed by atoms with E-state index in [1.165, 1.54) is 0 Å². The average Bonchev–Trinajstić information content (AvgIpc) is 3.32. The molecule has 4 rings (SSSR count). The van der Waals surface area contributed by atoms with Crippen molar-refractivity contribution < 1.29 is 18.0 Å². The molecule has 2 N–H and O–H groups in total. The first kappa shape index (κ1) is 27.0. The van der Waals surface area contributed by atoms with Crippen molar-refractivity contribution in [3.05, 3.63) is 70.8 Å². The van der Waals surface area contributed by atoms with E-state index in [2.05, 4.69) is 20.7 Å². The fourth-order valence-corrected chi connectivity index (χ4v) is 4.51. The Labute approximate surface area is 212 Å². The lowest BCUT2D eigenvalue weighted by atomic mass is 9.91. The Hall–Kier alpha value is -2.62. The van der Waals surface area contributed by atoms with E-state index in [4.69, 9.17) is 11.6 Å². The van der Waals surface area contributed by atoms with E-state index in [0.29, 0.717) is 0 Å². The van der Waals surface area contributed by atoms with Crippen LogP contribution in [-0.4, -0.2) is 33.3 Å². The molecule has 11 heteroatoms. The summed E-state index contributed by atoms with van der Waals surface area (Å²) >= 11 is 5.96. The molecule has 1 aliphatic rings. The number of halogens is 5. The summed E-state index contributed by atoms with van der Waals surface area (Å²) in [7, 11) is 0. The van der Waals surface area contributed by atoms with Gasteiger partial charge < -0.3 is 10.6 Å². The SMILES string of the molecule is CCn1cc(-c2cccc(C(NC(=O)c3nccc(C(F)(F)F)c3Cl)[C@@H]3CCCCN3)c2)cn1.Cl. The maximum absolute atomic E-state index is 13.3. The number of carbonyl (C=O) groups is 1.